The van der Waals surface area contributed by atoms with Crippen molar-refractivity contribution in [2.75, 3.05) is 4.90 Å². The summed E-state index contributed by atoms with van der Waals surface area (Å²) in [5.74, 6) is -0.222. The molecule has 22 heavy (non-hydrogen) atoms. The Morgan fingerprint density at radius 3 is 2.18 bits per heavy atom. The maximum absolute atomic E-state index is 12.4. The number of amides is 2. The quantitative estimate of drug-likeness (QED) is 0.418. The maximum Gasteiger partial charge on any atom is 0.243 e. The molecule has 0 aromatic heterocycles. The molecule has 1 rings (SSSR count). The van der Waals surface area contributed by atoms with Crippen LogP contribution in [0.1, 0.15) is 52.4 Å². The molecule has 0 aliphatic rings. The first-order valence-corrected chi connectivity index (χ1v) is 7.86. The minimum Gasteiger partial charge on any atom is -0.310 e. The van der Waals surface area contributed by atoms with Crippen LogP contribution in [0.2, 0.25) is 0 Å². The summed E-state index contributed by atoms with van der Waals surface area (Å²) in [7, 11) is 0. The lowest BCUT2D eigenvalue weighted by atomic mass is 10.1. The first-order valence-electron chi connectivity index (χ1n) is 7.86. The predicted molar refractivity (Wildman–Crippen MR) is 86.7 cm³/mol. The predicted octanol–water partition coefficient (Wildman–Crippen LogP) is 3.27. The molecule has 0 saturated carbocycles. The van der Waals surface area contributed by atoms with E-state index in [9.17, 15) is 9.59 Å². The number of carbonyl (C=O) groups excluding carboxylic acids is 2. The molecule has 2 N–H and O–H groups in total. The second-order valence-corrected chi connectivity index (χ2v) is 5.64. The van der Waals surface area contributed by atoms with E-state index in [1.807, 2.05) is 49.1 Å². The topological polar surface area (TPSA) is 69.6 Å². The Morgan fingerprint density at radius 1 is 1.05 bits per heavy atom. The number of nitrogens with zero attached hydrogens (tertiary/aromatic N) is 1. The van der Waals surface area contributed by atoms with Gasteiger partial charge in [0.25, 0.3) is 0 Å². The van der Waals surface area contributed by atoms with Gasteiger partial charge < -0.3 is 4.90 Å². The first-order chi connectivity index (χ1) is 10.6. The molecule has 2 amide bonds. The smallest absolute Gasteiger partial charge is 0.243 e. The molecule has 5 heteroatoms. The van der Waals surface area contributed by atoms with E-state index in [0.717, 1.165) is 31.4 Å². The number of nitrogens with one attached hydrogen (secondary N) is 1. The zero-order valence-electron chi connectivity index (χ0n) is 13.4. The van der Waals surface area contributed by atoms with E-state index in [2.05, 4.69) is 0 Å². The fourth-order valence-electron chi connectivity index (χ4n) is 2.41. The van der Waals surface area contributed by atoms with E-state index in [0.29, 0.717) is 12.8 Å². The number of unbranched alkanes of at least 4 members (excludes halogenated alkanes) is 3. The summed E-state index contributed by atoms with van der Waals surface area (Å²) in [5.41, 5.74) is 2.55. The van der Waals surface area contributed by atoms with Gasteiger partial charge in [0.2, 0.25) is 11.8 Å². The van der Waals surface area contributed by atoms with E-state index in [1.165, 1.54) is 0 Å². The minimum atomic E-state index is -0.355. The molecule has 0 saturated heterocycles. The molecule has 5 nitrogen and oxygen atoms in total. The Bertz CT molecular complexity index is 460. The lowest BCUT2D eigenvalue weighted by molar-refractivity contribution is -0.129. The normalized spacial score (nSPS) is 10.5. The molecule has 0 fully saturated rings. The van der Waals surface area contributed by atoms with Crippen LogP contribution in [0, 0.1) is 0 Å². The van der Waals surface area contributed by atoms with Gasteiger partial charge in [-0.1, -0.05) is 31.0 Å². The van der Waals surface area contributed by atoms with Gasteiger partial charge in [-0.05, 0) is 38.8 Å². The average Bonchev–Trinajstić information content (AvgIpc) is 2.51. The number of hydrogen-bond donors (Lipinski definition) is 2. The molecule has 1 aromatic carbocycles. The van der Waals surface area contributed by atoms with Gasteiger partial charge >= 0.3 is 0 Å². The summed E-state index contributed by atoms with van der Waals surface area (Å²) in [6.45, 7) is 4.02. The molecule has 0 aliphatic heterocycles. The molecule has 122 valence electrons. The molecule has 0 unspecified atom stereocenters. The lowest BCUT2D eigenvalue weighted by Crippen LogP contribution is -2.36. The van der Waals surface area contributed by atoms with Gasteiger partial charge in [0.05, 0.1) is 0 Å². The second-order valence-electron chi connectivity index (χ2n) is 5.64. The van der Waals surface area contributed by atoms with Gasteiger partial charge in [0, 0.05) is 24.6 Å². The van der Waals surface area contributed by atoms with E-state index >= 15 is 0 Å². The van der Waals surface area contributed by atoms with Crippen LogP contribution in [0.5, 0.6) is 0 Å². The molecule has 0 spiro atoms. The fraction of sp³-hybridized carbons (Fsp3) is 0.529. The number of carbonyl (C=O) groups is 2. The van der Waals surface area contributed by atoms with Crippen LogP contribution in [-0.4, -0.2) is 23.1 Å². The van der Waals surface area contributed by atoms with Gasteiger partial charge in [-0.15, -0.1) is 0 Å². The van der Waals surface area contributed by atoms with Gasteiger partial charge in [-0.3, -0.25) is 14.8 Å². The zero-order chi connectivity index (χ0) is 16.4. The standard InChI is InChI=1S/C17H26N2O3/c1-14(2)19(15-10-6-5-7-11-15)17(21)13-9-4-3-8-12-16(20)18-22/h5-7,10-11,14,22H,3-4,8-9,12-13H2,1-2H3,(H,18,20). The largest absolute Gasteiger partial charge is 0.310 e. The minimum absolute atomic E-state index is 0.128. The number of benzene rings is 1. The first kappa shape index (κ1) is 18.2. The summed E-state index contributed by atoms with van der Waals surface area (Å²) in [6.07, 6.45) is 4.17. The van der Waals surface area contributed by atoms with Crippen molar-refractivity contribution in [3.05, 3.63) is 30.3 Å². The SMILES string of the molecule is CC(C)N(C(=O)CCCCCCC(=O)NO)c1ccccc1. The second kappa shape index (κ2) is 9.95. The summed E-state index contributed by atoms with van der Waals surface area (Å²) in [5, 5.41) is 8.38. The van der Waals surface area contributed by atoms with Crippen molar-refractivity contribution < 1.29 is 14.8 Å². The van der Waals surface area contributed by atoms with Crippen molar-refractivity contribution in [3.63, 3.8) is 0 Å². The van der Waals surface area contributed by atoms with Crippen molar-refractivity contribution in [1.29, 1.82) is 0 Å². The van der Waals surface area contributed by atoms with Crippen LogP contribution in [-0.2, 0) is 9.59 Å². The van der Waals surface area contributed by atoms with Crippen LogP contribution in [0.4, 0.5) is 5.69 Å². The van der Waals surface area contributed by atoms with Crippen molar-refractivity contribution in [2.24, 2.45) is 0 Å². The third-order valence-corrected chi connectivity index (χ3v) is 3.49. The monoisotopic (exact) mass is 306 g/mol. The van der Waals surface area contributed by atoms with Crippen molar-refractivity contribution in [1.82, 2.24) is 5.48 Å². The molecule has 0 radical (unpaired) electrons. The Kier molecular flexibility index (Phi) is 8.22. The molecular weight excluding hydrogens is 280 g/mol. The number of rotatable bonds is 9. The van der Waals surface area contributed by atoms with Crippen LogP contribution < -0.4 is 10.4 Å². The summed E-state index contributed by atoms with van der Waals surface area (Å²) in [6, 6.07) is 9.84. The third-order valence-electron chi connectivity index (χ3n) is 3.49. The highest BCUT2D eigenvalue weighted by Gasteiger charge is 2.18. The van der Waals surface area contributed by atoms with Crippen LogP contribution in [0.25, 0.3) is 0 Å². The highest BCUT2D eigenvalue weighted by atomic mass is 16.5. The Hall–Kier alpha value is -1.88. The van der Waals surface area contributed by atoms with Gasteiger partial charge in [0.1, 0.15) is 0 Å². The number of hydrogen-bond acceptors (Lipinski definition) is 3. The van der Waals surface area contributed by atoms with E-state index < -0.39 is 0 Å². The summed E-state index contributed by atoms with van der Waals surface area (Å²) >= 11 is 0. The van der Waals surface area contributed by atoms with E-state index in [1.54, 1.807) is 5.48 Å². The Labute approximate surface area is 132 Å². The van der Waals surface area contributed by atoms with Crippen molar-refractivity contribution >= 4 is 17.5 Å². The summed E-state index contributed by atoms with van der Waals surface area (Å²) in [4.78, 5) is 25.1. The van der Waals surface area contributed by atoms with Crippen LogP contribution in [0.15, 0.2) is 30.3 Å². The van der Waals surface area contributed by atoms with Gasteiger partial charge in [-0.25, -0.2) is 5.48 Å². The number of anilines is 1. The Balaban J connectivity index is 2.35. The number of hydroxylamine groups is 1. The van der Waals surface area contributed by atoms with E-state index in [4.69, 9.17) is 5.21 Å². The summed E-state index contributed by atoms with van der Waals surface area (Å²) < 4.78 is 0. The Morgan fingerprint density at radius 2 is 1.64 bits per heavy atom. The van der Waals surface area contributed by atoms with Crippen molar-refractivity contribution in [2.45, 2.75) is 58.4 Å². The molecule has 0 atom stereocenters. The van der Waals surface area contributed by atoms with E-state index in [-0.39, 0.29) is 17.9 Å². The molecule has 1 aromatic rings. The fourth-order valence-corrected chi connectivity index (χ4v) is 2.41. The molecular formula is C17H26N2O3. The van der Waals surface area contributed by atoms with Crippen LogP contribution >= 0.6 is 0 Å². The maximum atomic E-state index is 12.4. The lowest BCUT2D eigenvalue weighted by Gasteiger charge is -2.27. The highest BCUT2D eigenvalue weighted by molar-refractivity contribution is 5.93. The molecule has 0 heterocycles. The highest BCUT2D eigenvalue weighted by Crippen LogP contribution is 2.18. The van der Waals surface area contributed by atoms with Crippen LogP contribution in [0.3, 0.4) is 0 Å². The molecule has 0 aliphatic carbocycles. The number of para-hydroxylation sites is 1. The zero-order valence-corrected chi connectivity index (χ0v) is 13.4. The van der Waals surface area contributed by atoms with Gasteiger partial charge in [0.15, 0.2) is 0 Å². The average molecular weight is 306 g/mol. The van der Waals surface area contributed by atoms with Gasteiger partial charge in [-0.2, -0.15) is 0 Å². The molecule has 0 bridgehead atoms. The third kappa shape index (κ3) is 6.26. The van der Waals surface area contributed by atoms with Crippen molar-refractivity contribution in [3.8, 4) is 0 Å².